The molecule has 1 aliphatic rings. The Bertz CT molecular complexity index is 850. The molecule has 142 valence electrons. The van der Waals surface area contributed by atoms with Crippen molar-refractivity contribution in [1.29, 1.82) is 0 Å². The molecule has 0 atom stereocenters. The summed E-state index contributed by atoms with van der Waals surface area (Å²) in [5.41, 5.74) is 2.64. The molecular formula is C21H24N2O4. The Balaban J connectivity index is 1.88. The van der Waals surface area contributed by atoms with E-state index in [0.717, 1.165) is 24.1 Å². The highest BCUT2D eigenvalue weighted by Gasteiger charge is 2.26. The maximum absolute atomic E-state index is 13.0. The first-order chi connectivity index (χ1) is 13.0. The van der Waals surface area contributed by atoms with Crippen LogP contribution in [-0.2, 0) is 16.0 Å². The molecule has 0 aromatic heterocycles. The average Bonchev–Trinajstić information content (AvgIpc) is 2.70. The van der Waals surface area contributed by atoms with E-state index in [0.29, 0.717) is 23.7 Å². The number of benzene rings is 2. The van der Waals surface area contributed by atoms with Crippen molar-refractivity contribution < 1.29 is 19.1 Å². The van der Waals surface area contributed by atoms with Crippen molar-refractivity contribution in [1.82, 2.24) is 0 Å². The van der Waals surface area contributed by atoms with E-state index in [-0.39, 0.29) is 18.4 Å². The number of nitrogens with zero attached hydrogens (tertiary/aromatic N) is 2. The zero-order chi connectivity index (χ0) is 19.4. The van der Waals surface area contributed by atoms with Gasteiger partial charge in [0.05, 0.1) is 19.9 Å². The molecule has 0 fully saturated rings. The zero-order valence-electron chi connectivity index (χ0n) is 15.9. The summed E-state index contributed by atoms with van der Waals surface area (Å²) in [6.07, 6.45) is 1.87. The summed E-state index contributed by atoms with van der Waals surface area (Å²) >= 11 is 0. The first-order valence-corrected chi connectivity index (χ1v) is 8.93. The quantitative estimate of drug-likeness (QED) is 0.814. The summed E-state index contributed by atoms with van der Waals surface area (Å²) in [5.74, 6) is 0.763. The molecule has 0 saturated carbocycles. The predicted octanol–water partition coefficient (Wildman–Crippen LogP) is 3.04. The fourth-order valence-corrected chi connectivity index (χ4v) is 3.39. The average molecular weight is 368 g/mol. The summed E-state index contributed by atoms with van der Waals surface area (Å²) in [7, 11) is 3.09. The van der Waals surface area contributed by atoms with Crippen LogP contribution in [0.1, 0.15) is 18.9 Å². The summed E-state index contributed by atoms with van der Waals surface area (Å²) in [4.78, 5) is 28.5. The lowest BCUT2D eigenvalue weighted by Crippen LogP contribution is -2.44. The molecule has 0 radical (unpaired) electrons. The van der Waals surface area contributed by atoms with E-state index >= 15 is 0 Å². The van der Waals surface area contributed by atoms with Crippen molar-refractivity contribution in [3.05, 3.63) is 48.0 Å². The fourth-order valence-electron chi connectivity index (χ4n) is 3.39. The van der Waals surface area contributed by atoms with E-state index in [2.05, 4.69) is 0 Å². The Morgan fingerprint density at radius 2 is 1.89 bits per heavy atom. The highest BCUT2D eigenvalue weighted by molar-refractivity contribution is 6.04. The minimum atomic E-state index is -0.225. The van der Waals surface area contributed by atoms with Crippen molar-refractivity contribution in [2.75, 3.05) is 37.1 Å². The van der Waals surface area contributed by atoms with Crippen LogP contribution >= 0.6 is 0 Å². The van der Waals surface area contributed by atoms with Gasteiger partial charge in [-0.15, -0.1) is 0 Å². The van der Waals surface area contributed by atoms with Crippen LogP contribution in [0.2, 0.25) is 0 Å². The van der Waals surface area contributed by atoms with Crippen LogP contribution in [0.3, 0.4) is 0 Å². The number of carbonyl (C=O) groups excluding carboxylic acids is 2. The molecule has 3 rings (SSSR count). The second kappa shape index (κ2) is 8.12. The molecule has 27 heavy (non-hydrogen) atoms. The molecule has 0 bridgehead atoms. The number of ether oxygens (including phenoxy) is 2. The van der Waals surface area contributed by atoms with E-state index < -0.39 is 0 Å². The van der Waals surface area contributed by atoms with Crippen LogP contribution in [-0.4, -0.2) is 39.1 Å². The minimum absolute atomic E-state index is 0.0492. The minimum Gasteiger partial charge on any atom is -0.497 e. The summed E-state index contributed by atoms with van der Waals surface area (Å²) in [5, 5.41) is 0. The summed E-state index contributed by atoms with van der Waals surface area (Å²) in [6.45, 7) is 2.05. The smallest absolute Gasteiger partial charge is 0.247 e. The second-order valence-electron chi connectivity index (χ2n) is 6.42. The van der Waals surface area contributed by atoms with Gasteiger partial charge in [-0.05, 0) is 36.6 Å². The number of hydrogen-bond acceptors (Lipinski definition) is 4. The molecule has 2 aromatic rings. The third kappa shape index (κ3) is 3.89. The number of fused-ring (bicyclic) bond motifs is 1. The second-order valence-corrected chi connectivity index (χ2v) is 6.42. The number of methoxy groups -OCH3 is 2. The first-order valence-electron chi connectivity index (χ1n) is 8.93. The molecule has 6 heteroatoms. The largest absolute Gasteiger partial charge is 0.497 e. The molecule has 1 aliphatic heterocycles. The van der Waals surface area contributed by atoms with E-state index in [4.69, 9.17) is 9.47 Å². The molecule has 0 spiro atoms. The van der Waals surface area contributed by atoms with Crippen molar-refractivity contribution in [3.63, 3.8) is 0 Å². The molecule has 0 saturated heterocycles. The van der Waals surface area contributed by atoms with Gasteiger partial charge in [0.25, 0.3) is 0 Å². The first kappa shape index (κ1) is 18.8. The number of para-hydroxylation sites is 1. The summed E-state index contributed by atoms with van der Waals surface area (Å²) in [6, 6.07) is 13.1. The van der Waals surface area contributed by atoms with Gasteiger partial charge >= 0.3 is 0 Å². The monoisotopic (exact) mass is 368 g/mol. The molecule has 1 heterocycles. The topological polar surface area (TPSA) is 59.1 Å². The Morgan fingerprint density at radius 1 is 1.11 bits per heavy atom. The molecule has 6 nitrogen and oxygen atoms in total. The number of amides is 2. The lowest BCUT2D eigenvalue weighted by Gasteiger charge is -2.32. The van der Waals surface area contributed by atoms with Gasteiger partial charge in [-0.1, -0.05) is 18.2 Å². The Kier molecular flexibility index (Phi) is 5.64. The third-order valence-electron chi connectivity index (χ3n) is 4.76. The van der Waals surface area contributed by atoms with Crippen LogP contribution in [0, 0.1) is 0 Å². The molecule has 2 aromatic carbocycles. The van der Waals surface area contributed by atoms with Crippen LogP contribution in [0.5, 0.6) is 11.5 Å². The van der Waals surface area contributed by atoms with E-state index in [1.165, 1.54) is 18.9 Å². The zero-order valence-corrected chi connectivity index (χ0v) is 15.9. The van der Waals surface area contributed by atoms with Gasteiger partial charge in [-0.25, -0.2) is 0 Å². The maximum atomic E-state index is 13.0. The van der Waals surface area contributed by atoms with Crippen molar-refractivity contribution in [3.8, 4) is 11.5 Å². The van der Waals surface area contributed by atoms with Crippen LogP contribution in [0.15, 0.2) is 42.5 Å². The van der Waals surface area contributed by atoms with E-state index in [9.17, 15) is 9.59 Å². The maximum Gasteiger partial charge on any atom is 0.247 e. The van der Waals surface area contributed by atoms with E-state index in [1.807, 2.05) is 24.3 Å². The van der Waals surface area contributed by atoms with Crippen molar-refractivity contribution in [2.45, 2.75) is 19.8 Å². The normalized spacial score (nSPS) is 12.9. The fraction of sp³-hybridized carbons (Fsp3) is 0.333. The SMILES string of the molecule is COc1ccc(N(CC(=O)N2CCCc3ccccc32)C(C)=O)c(OC)c1. The molecule has 0 N–H and O–H groups in total. The molecule has 2 amide bonds. The number of anilines is 2. The Morgan fingerprint density at radius 3 is 2.59 bits per heavy atom. The number of aryl methyl sites for hydroxylation is 1. The van der Waals surface area contributed by atoms with Gasteiger partial charge in [-0.2, -0.15) is 0 Å². The number of carbonyl (C=O) groups is 2. The van der Waals surface area contributed by atoms with Gasteiger partial charge in [0.15, 0.2) is 0 Å². The third-order valence-corrected chi connectivity index (χ3v) is 4.76. The Hall–Kier alpha value is -3.02. The highest BCUT2D eigenvalue weighted by Crippen LogP contribution is 2.33. The highest BCUT2D eigenvalue weighted by atomic mass is 16.5. The lowest BCUT2D eigenvalue weighted by molar-refractivity contribution is -0.121. The lowest BCUT2D eigenvalue weighted by atomic mass is 10.0. The molecular weight excluding hydrogens is 344 g/mol. The van der Waals surface area contributed by atoms with Crippen molar-refractivity contribution in [2.24, 2.45) is 0 Å². The molecule has 0 unspecified atom stereocenters. The van der Waals surface area contributed by atoms with Crippen LogP contribution in [0.4, 0.5) is 11.4 Å². The standard InChI is InChI=1S/C21H24N2O4/c1-15(24)23(19-11-10-17(26-2)13-20(19)27-3)14-21(25)22-12-6-8-16-7-4-5-9-18(16)22/h4-5,7,9-11,13H,6,8,12,14H2,1-3H3. The number of hydrogen-bond donors (Lipinski definition) is 0. The molecule has 0 aliphatic carbocycles. The van der Waals surface area contributed by atoms with Crippen LogP contribution in [0.25, 0.3) is 0 Å². The van der Waals surface area contributed by atoms with Gasteiger partial charge in [0.2, 0.25) is 11.8 Å². The van der Waals surface area contributed by atoms with Gasteiger partial charge in [0, 0.05) is 25.2 Å². The van der Waals surface area contributed by atoms with Gasteiger partial charge < -0.3 is 14.4 Å². The van der Waals surface area contributed by atoms with Gasteiger partial charge in [0.1, 0.15) is 18.0 Å². The summed E-state index contributed by atoms with van der Waals surface area (Å²) < 4.78 is 10.6. The predicted molar refractivity (Wildman–Crippen MR) is 105 cm³/mol. The Labute approximate surface area is 159 Å². The van der Waals surface area contributed by atoms with Gasteiger partial charge in [-0.3, -0.25) is 14.5 Å². The van der Waals surface area contributed by atoms with Crippen LogP contribution < -0.4 is 19.3 Å². The van der Waals surface area contributed by atoms with Crippen molar-refractivity contribution >= 4 is 23.2 Å². The number of rotatable bonds is 5. The van der Waals surface area contributed by atoms with E-state index in [1.54, 1.807) is 30.2 Å².